The van der Waals surface area contributed by atoms with Crippen LogP contribution < -0.4 is 16.4 Å². The van der Waals surface area contributed by atoms with Crippen LogP contribution in [0.4, 0.5) is 0 Å². The van der Waals surface area contributed by atoms with Crippen molar-refractivity contribution in [2.75, 3.05) is 6.54 Å². The molecule has 1 aliphatic heterocycles. The predicted octanol–water partition coefficient (Wildman–Crippen LogP) is -0.245. The second-order valence-electron chi connectivity index (χ2n) is 4.74. The Hall–Kier alpha value is -0.940. The highest BCUT2D eigenvalue weighted by atomic mass is 16.2. The molecule has 1 saturated heterocycles. The van der Waals surface area contributed by atoms with Crippen molar-refractivity contribution in [3.63, 3.8) is 0 Å². The van der Waals surface area contributed by atoms with Gasteiger partial charge in [-0.25, -0.2) is 0 Å². The smallest absolute Gasteiger partial charge is 0.243 e. The summed E-state index contributed by atoms with van der Waals surface area (Å²) in [6.07, 6.45) is 2.36. The van der Waals surface area contributed by atoms with Gasteiger partial charge in [-0.15, -0.1) is 0 Å². The molecule has 2 atom stereocenters. The highest BCUT2D eigenvalue weighted by Crippen LogP contribution is 2.06. The highest BCUT2D eigenvalue weighted by molar-refractivity contribution is 5.99. The van der Waals surface area contributed by atoms with Crippen molar-refractivity contribution in [1.29, 1.82) is 0 Å². The number of nitrogens with one attached hydrogen (secondary N) is 2. The van der Waals surface area contributed by atoms with Crippen LogP contribution in [0.3, 0.4) is 0 Å². The summed E-state index contributed by atoms with van der Waals surface area (Å²) in [5, 5.41) is 5.40. The second-order valence-corrected chi connectivity index (χ2v) is 4.74. The van der Waals surface area contributed by atoms with Crippen LogP contribution in [-0.4, -0.2) is 30.4 Å². The molecule has 16 heavy (non-hydrogen) atoms. The van der Waals surface area contributed by atoms with Gasteiger partial charge in [0.25, 0.3) is 0 Å². The molecule has 1 rings (SSSR count). The molecule has 5 heteroatoms. The van der Waals surface area contributed by atoms with Crippen LogP contribution in [0.25, 0.3) is 0 Å². The molecule has 92 valence electrons. The molecule has 0 radical (unpaired) electrons. The molecule has 0 spiro atoms. The van der Waals surface area contributed by atoms with Crippen LogP contribution in [0.2, 0.25) is 0 Å². The summed E-state index contributed by atoms with van der Waals surface area (Å²) in [7, 11) is 0. The summed E-state index contributed by atoms with van der Waals surface area (Å²) >= 11 is 0. The van der Waals surface area contributed by atoms with E-state index in [-0.39, 0.29) is 17.9 Å². The number of imide groups is 1. The number of carbonyl (C=O) groups is 2. The lowest BCUT2D eigenvalue weighted by molar-refractivity contribution is -0.132. The van der Waals surface area contributed by atoms with E-state index in [0.29, 0.717) is 12.3 Å². The van der Waals surface area contributed by atoms with E-state index in [2.05, 4.69) is 10.6 Å². The minimum absolute atomic E-state index is 0.227. The van der Waals surface area contributed by atoms with Crippen LogP contribution in [0, 0.1) is 5.92 Å². The molecule has 1 fully saturated rings. The monoisotopic (exact) mass is 227 g/mol. The first-order chi connectivity index (χ1) is 7.50. The molecule has 4 N–H and O–H groups in total. The molecule has 0 aromatic rings. The normalized spacial score (nSPS) is 22.1. The maximum atomic E-state index is 11.6. The Morgan fingerprint density at radius 3 is 2.69 bits per heavy atom. The van der Waals surface area contributed by atoms with Crippen molar-refractivity contribution < 1.29 is 9.59 Å². The Morgan fingerprint density at radius 1 is 1.50 bits per heavy atom. The molecular weight excluding hydrogens is 206 g/mol. The maximum Gasteiger partial charge on any atom is 0.243 e. The van der Waals surface area contributed by atoms with E-state index in [4.69, 9.17) is 5.73 Å². The molecule has 0 aromatic heterocycles. The van der Waals surface area contributed by atoms with Crippen molar-refractivity contribution in [2.24, 2.45) is 11.7 Å². The average molecular weight is 227 g/mol. The van der Waals surface area contributed by atoms with Crippen molar-refractivity contribution >= 4 is 11.8 Å². The van der Waals surface area contributed by atoms with Gasteiger partial charge in [-0.3, -0.25) is 14.9 Å². The van der Waals surface area contributed by atoms with Crippen molar-refractivity contribution in [3.8, 4) is 0 Å². The standard InChI is InChI=1S/C11H21N3O2/c1-7(2)6-8(12)10(15)14-11(16)9-4-3-5-13-9/h7-9,13H,3-6,12H2,1-2H3,(H,14,15,16). The quantitative estimate of drug-likeness (QED) is 0.618. The fourth-order valence-corrected chi connectivity index (χ4v) is 1.82. The van der Waals surface area contributed by atoms with Gasteiger partial charge < -0.3 is 11.1 Å². The van der Waals surface area contributed by atoms with Crippen molar-refractivity contribution in [1.82, 2.24) is 10.6 Å². The topological polar surface area (TPSA) is 84.2 Å². The summed E-state index contributed by atoms with van der Waals surface area (Å²) in [4.78, 5) is 23.2. The third kappa shape index (κ3) is 3.90. The fraction of sp³-hybridized carbons (Fsp3) is 0.818. The first-order valence-corrected chi connectivity index (χ1v) is 5.84. The highest BCUT2D eigenvalue weighted by Gasteiger charge is 2.25. The van der Waals surface area contributed by atoms with E-state index >= 15 is 0 Å². The Bertz CT molecular complexity index is 260. The van der Waals surface area contributed by atoms with Crippen LogP contribution in [0.1, 0.15) is 33.1 Å². The average Bonchev–Trinajstić information content (AvgIpc) is 2.68. The molecule has 1 aliphatic rings. The van der Waals surface area contributed by atoms with Gasteiger partial charge in [0.15, 0.2) is 0 Å². The van der Waals surface area contributed by atoms with E-state index < -0.39 is 6.04 Å². The lowest BCUT2D eigenvalue weighted by Gasteiger charge is -2.15. The van der Waals surface area contributed by atoms with E-state index in [1.807, 2.05) is 13.8 Å². The number of rotatable bonds is 4. The molecule has 5 nitrogen and oxygen atoms in total. The first kappa shape index (κ1) is 13.1. The first-order valence-electron chi connectivity index (χ1n) is 5.84. The van der Waals surface area contributed by atoms with Gasteiger partial charge in [0.2, 0.25) is 11.8 Å². The molecule has 0 bridgehead atoms. The van der Waals surface area contributed by atoms with Crippen LogP contribution in [0.15, 0.2) is 0 Å². The molecular formula is C11H21N3O2. The van der Waals surface area contributed by atoms with Crippen LogP contribution >= 0.6 is 0 Å². The zero-order chi connectivity index (χ0) is 12.1. The Balaban J connectivity index is 2.35. The van der Waals surface area contributed by atoms with E-state index in [9.17, 15) is 9.59 Å². The van der Waals surface area contributed by atoms with Crippen molar-refractivity contribution in [2.45, 2.75) is 45.2 Å². The number of hydrogen-bond donors (Lipinski definition) is 3. The Labute approximate surface area is 96.1 Å². The Kier molecular flexibility index (Phi) is 4.89. The summed E-state index contributed by atoms with van der Waals surface area (Å²) in [6.45, 7) is 4.82. The molecule has 2 amide bonds. The van der Waals surface area contributed by atoms with E-state index in [0.717, 1.165) is 19.4 Å². The zero-order valence-electron chi connectivity index (χ0n) is 9.95. The zero-order valence-corrected chi connectivity index (χ0v) is 9.95. The molecule has 0 aromatic carbocycles. The van der Waals surface area contributed by atoms with Gasteiger partial charge in [-0.05, 0) is 31.7 Å². The van der Waals surface area contributed by atoms with E-state index in [1.54, 1.807) is 0 Å². The largest absolute Gasteiger partial charge is 0.320 e. The van der Waals surface area contributed by atoms with Crippen LogP contribution in [0.5, 0.6) is 0 Å². The van der Waals surface area contributed by atoms with Gasteiger partial charge in [-0.2, -0.15) is 0 Å². The van der Waals surface area contributed by atoms with Crippen LogP contribution in [-0.2, 0) is 9.59 Å². The molecule has 0 saturated carbocycles. The Morgan fingerprint density at radius 2 is 2.19 bits per heavy atom. The second kappa shape index (κ2) is 5.96. The summed E-state index contributed by atoms with van der Waals surface area (Å²) in [5.41, 5.74) is 5.68. The summed E-state index contributed by atoms with van der Waals surface area (Å²) < 4.78 is 0. The van der Waals surface area contributed by atoms with Crippen molar-refractivity contribution in [3.05, 3.63) is 0 Å². The molecule has 1 heterocycles. The summed E-state index contributed by atoms with van der Waals surface area (Å²) in [6, 6.07) is -0.819. The fourth-order valence-electron chi connectivity index (χ4n) is 1.82. The number of amides is 2. The summed E-state index contributed by atoms with van der Waals surface area (Å²) in [5.74, 6) is -0.269. The lowest BCUT2D eigenvalue weighted by atomic mass is 10.0. The SMILES string of the molecule is CC(C)CC(N)C(=O)NC(=O)C1CCCN1. The number of hydrogen-bond acceptors (Lipinski definition) is 4. The van der Waals surface area contributed by atoms with E-state index in [1.165, 1.54) is 0 Å². The van der Waals surface area contributed by atoms with Gasteiger partial charge in [-0.1, -0.05) is 13.8 Å². The van der Waals surface area contributed by atoms with Gasteiger partial charge in [0.05, 0.1) is 12.1 Å². The van der Waals surface area contributed by atoms with Gasteiger partial charge >= 0.3 is 0 Å². The third-order valence-electron chi connectivity index (χ3n) is 2.69. The third-order valence-corrected chi connectivity index (χ3v) is 2.69. The van der Waals surface area contributed by atoms with Gasteiger partial charge in [0.1, 0.15) is 0 Å². The number of carbonyl (C=O) groups excluding carboxylic acids is 2. The minimum atomic E-state index is -0.592. The molecule has 2 unspecified atom stereocenters. The predicted molar refractivity (Wildman–Crippen MR) is 61.6 cm³/mol. The van der Waals surface area contributed by atoms with Gasteiger partial charge in [0, 0.05) is 0 Å². The molecule has 0 aliphatic carbocycles. The minimum Gasteiger partial charge on any atom is -0.320 e. The number of nitrogens with two attached hydrogens (primary N) is 1. The maximum absolute atomic E-state index is 11.6. The lowest BCUT2D eigenvalue weighted by Crippen LogP contribution is -2.49.